The molecule has 2 fully saturated rings. The third-order valence-corrected chi connectivity index (χ3v) is 13.1. The molecule has 0 aliphatic carbocycles. The minimum Gasteiger partial charge on any atom is -0.479 e. The lowest BCUT2D eigenvalue weighted by molar-refractivity contribution is -0.271. The Balaban J connectivity index is 0.00000721. The third-order valence-electron chi connectivity index (χ3n) is 13.1. The van der Waals surface area contributed by atoms with Crippen LogP contribution in [0.15, 0.2) is 36.4 Å². The van der Waals surface area contributed by atoms with Gasteiger partial charge in [0.2, 0.25) is 24.4 Å². The minimum absolute atomic E-state index is 0.00337. The van der Waals surface area contributed by atoms with Crippen molar-refractivity contribution in [3.05, 3.63) is 58.7 Å². The number of hydrogen-bond acceptors (Lipinski definition) is 30. The van der Waals surface area contributed by atoms with Crippen molar-refractivity contribution in [3.8, 4) is 11.5 Å². The van der Waals surface area contributed by atoms with Crippen LogP contribution in [0.25, 0.3) is 0 Å². The number of benzene rings is 2. The second-order valence-electron chi connectivity index (χ2n) is 20.3. The van der Waals surface area contributed by atoms with Crippen LogP contribution in [-0.2, 0) is 104 Å². The standard InChI is InChI=1S/C57H84N4O28.CO2/c1-34(62)83-29-36-10-12-44(87-56-51(72)48(69)43(66)31-85-56)38(27-36)41(64)8-5-16-78-21-23-82-33-47(68)61-40(42(65)9-6-17-77-19-20-80-25-26-86-58)7-3-4-14-59-46(67)32-81-24-22-79-18-15-60-54(74)39-28-37(30-84-35(2)63)11-13-45(39)88-57-52(73)49(70)50(71)53(89-57)55(75)76;2-1-3/h10-13,27-28,40,43,48-53,56-57,66,69-73H,3-9,14-26,29-33,58H2,1-2H3,(H,59,67)(H,60,74)(H,61,68)(H,75,76);/t40-,43+,48-,49-,50-,51+,52+,53-,56-,57+;/m0./s1. The number of ether oxygens (including phenoxy) is 12. The number of unbranched alkanes of at least 4 members (excludes halogenated alkanes) is 1. The third kappa shape index (κ3) is 30.6. The highest BCUT2D eigenvalue weighted by atomic mass is 16.7. The number of aliphatic hydroxyl groups excluding tert-OH is 6. The maximum atomic E-state index is 13.4. The van der Waals surface area contributed by atoms with Crippen molar-refractivity contribution in [2.45, 2.75) is 133 Å². The van der Waals surface area contributed by atoms with Crippen LogP contribution >= 0.6 is 0 Å². The van der Waals surface area contributed by atoms with E-state index in [9.17, 15) is 74.1 Å². The Morgan fingerprint density at radius 1 is 0.587 bits per heavy atom. The highest BCUT2D eigenvalue weighted by molar-refractivity contribution is 5.99. The number of hydrogen-bond donors (Lipinski definition) is 11. The molecule has 2 heterocycles. The zero-order valence-electron chi connectivity index (χ0n) is 51.0. The molecule has 34 heteroatoms. The number of Topliss-reactive ketones (excluding diaryl/α,β-unsaturated/α-hetero) is 2. The number of carboxylic acid groups (broad SMARTS) is 1. The van der Waals surface area contributed by atoms with E-state index in [0.717, 1.165) is 0 Å². The first-order valence-corrected chi connectivity index (χ1v) is 29.2. The van der Waals surface area contributed by atoms with Gasteiger partial charge in [0.1, 0.15) is 74.6 Å². The van der Waals surface area contributed by atoms with Gasteiger partial charge in [0.05, 0.1) is 83.2 Å². The Kier molecular flexibility index (Phi) is 39.0. The quantitative estimate of drug-likeness (QED) is 0.0135. The van der Waals surface area contributed by atoms with Crippen LogP contribution in [0.5, 0.6) is 11.5 Å². The smallest absolute Gasteiger partial charge is 0.373 e. The number of carbonyl (C=O) groups excluding carboxylic acids is 9. The van der Waals surface area contributed by atoms with E-state index in [-0.39, 0.29) is 172 Å². The molecule has 2 aliphatic heterocycles. The number of nitrogens with two attached hydrogens (primary N) is 1. The second kappa shape index (κ2) is 45.3. The van der Waals surface area contributed by atoms with Crippen LogP contribution in [0, 0.1) is 0 Å². The summed E-state index contributed by atoms with van der Waals surface area (Å²) in [6.45, 7) is 2.89. The molecule has 2 aromatic rings. The predicted molar refractivity (Wildman–Crippen MR) is 306 cm³/mol. The van der Waals surface area contributed by atoms with Crippen LogP contribution in [0.3, 0.4) is 0 Å². The lowest BCUT2D eigenvalue weighted by Gasteiger charge is -2.38. The van der Waals surface area contributed by atoms with Crippen molar-refractivity contribution in [3.63, 3.8) is 0 Å². The fourth-order valence-electron chi connectivity index (χ4n) is 8.41. The average Bonchev–Trinajstić information content (AvgIpc) is 0.828. The number of carbonyl (C=O) groups is 8. The van der Waals surface area contributed by atoms with Gasteiger partial charge in [0, 0.05) is 53.0 Å². The van der Waals surface area contributed by atoms with Crippen LogP contribution in [0.2, 0.25) is 0 Å². The van der Waals surface area contributed by atoms with E-state index in [2.05, 4.69) is 20.8 Å². The molecular formula is C58H84N4O30. The maximum absolute atomic E-state index is 13.4. The Labute approximate surface area is 528 Å². The SMILES string of the molecule is CC(=O)OCc1ccc(O[C@@H]2OC[C@@H](O)[C@H](O)[C@H]2O)c(C(=O)CCCOCCOCC(=O)N[C@@H](CCCCNC(=O)COCCOCCNC(=O)c2cc(COC(C)=O)ccc2O[C@@H]2O[C@H](C(=O)O)[C@@H](O)[C@H](O)[C@H]2O)C(=O)CCCOCCOCCON)c1.O=C=O. The summed E-state index contributed by atoms with van der Waals surface area (Å²) in [7, 11) is 0. The Hall–Kier alpha value is -7.06. The number of ketones is 2. The summed E-state index contributed by atoms with van der Waals surface area (Å²) >= 11 is 0. The number of nitrogens with one attached hydrogen (secondary N) is 3. The summed E-state index contributed by atoms with van der Waals surface area (Å²) in [5.74, 6) is -0.254. The van der Waals surface area contributed by atoms with Crippen molar-refractivity contribution in [1.29, 1.82) is 0 Å². The summed E-state index contributed by atoms with van der Waals surface area (Å²) in [4.78, 5) is 121. The summed E-state index contributed by atoms with van der Waals surface area (Å²) in [5, 5.41) is 78.5. The lowest BCUT2D eigenvalue weighted by atomic mass is 9.99. The number of aliphatic hydroxyl groups is 6. The fourth-order valence-corrected chi connectivity index (χ4v) is 8.41. The number of carboxylic acids is 1. The van der Waals surface area contributed by atoms with Gasteiger partial charge >= 0.3 is 24.1 Å². The maximum Gasteiger partial charge on any atom is 0.373 e. The van der Waals surface area contributed by atoms with Gasteiger partial charge in [0.25, 0.3) is 5.91 Å². The average molecular weight is 1320 g/mol. The first-order valence-electron chi connectivity index (χ1n) is 29.2. The molecule has 3 amide bonds. The minimum atomic E-state index is -1.97. The zero-order chi connectivity index (χ0) is 67.8. The molecule has 92 heavy (non-hydrogen) atoms. The van der Waals surface area contributed by atoms with Gasteiger partial charge in [-0.15, -0.1) is 0 Å². The second-order valence-corrected chi connectivity index (χ2v) is 20.3. The summed E-state index contributed by atoms with van der Waals surface area (Å²) in [5.41, 5.74) is 0.800. The van der Waals surface area contributed by atoms with Gasteiger partial charge in [-0.2, -0.15) is 9.59 Å². The first kappa shape index (κ1) is 79.2. The highest BCUT2D eigenvalue weighted by Gasteiger charge is 2.48. The van der Waals surface area contributed by atoms with Crippen molar-refractivity contribution in [2.24, 2.45) is 5.90 Å². The fraction of sp³-hybridized carbons (Fsp3) is 0.638. The molecule has 2 aliphatic rings. The van der Waals surface area contributed by atoms with Gasteiger partial charge in [-0.3, -0.25) is 33.6 Å². The summed E-state index contributed by atoms with van der Waals surface area (Å²) in [6.07, 6.45) is -13.4. The first-order chi connectivity index (χ1) is 44.1. The Morgan fingerprint density at radius 3 is 1.71 bits per heavy atom. The molecule has 0 spiro atoms. The molecular weight excluding hydrogens is 1230 g/mol. The van der Waals surface area contributed by atoms with Crippen molar-refractivity contribution < 1.29 is 145 Å². The molecule has 516 valence electrons. The summed E-state index contributed by atoms with van der Waals surface area (Å²) in [6, 6.07) is 7.65. The molecule has 4 rings (SSSR count). The Bertz CT molecular complexity index is 2630. The number of esters is 2. The number of amides is 3. The van der Waals surface area contributed by atoms with Gasteiger partial charge in [-0.25, -0.2) is 10.7 Å². The van der Waals surface area contributed by atoms with E-state index in [0.29, 0.717) is 43.6 Å². The molecule has 0 radical (unpaired) electrons. The highest BCUT2D eigenvalue weighted by Crippen LogP contribution is 2.30. The molecule has 0 aromatic heterocycles. The van der Waals surface area contributed by atoms with Crippen LogP contribution < -0.4 is 31.3 Å². The largest absolute Gasteiger partial charge is 0.479 e. The van der Waals surface area contributed by atoms with Crippen molar-refractivity contribution in [2.75, 3.05) is 106 Å². The molecule has 34 nitrogen and oxygen atoms in total. The van der Waals surface area contributed by atoms with E-state index in [4.69, 9.17) is 72.3 Å². The zero-order valence-corrected chi connectivity index (χ0v) is 51.0. The van der Waals surface area contributed by atoms with Gasteiger partial charge in [-0.1, -0.05) is 12.1 Å². The molecule has 0 bridgehead atoms. The molecule has 0 unspecified atom stereocenters. The monoisotopic (exact) mass is 1320 g/mol. The van der Waals surface area contributed by atoms with E-state index >= 15 is 0 Å². The van der Waals surface area contributed by atoms with E-state index in [1.807, 2.05) is 0 Å². The topological polar surface area (TPSA) is 494 Å². The van der Waals surface area contributed by atoms with Crippen molar-refractivity contribution in [1.82, 2.24) is 16.0 Å². The number of aliphatic carboxylic acids is 1. The lowest BCUT2D eigenvalue weighted by Crippen LogP contribution is -2.61. The number of rotatable bonds is 45. The van der Waals surface area contributed by atoms with Crippen molar-refractivity contribution >= 4 is 53.3 Å². The molecule has 2 aromatic carbocycles. The van der Waals surface area contributed by atoms with E-state index < -0.39 is 97.0 Å². The molecule has 10 atom stereocenters. The van der Waals surface area contributed by atoms with Crippen LogP contribution in [0.4, 0.5) is 0 Å². The molecule has 0 saturated carbocycles. The van der Waals surface area contributed by atoms with Gasteiger partial charge in [-0.05, 0) is 67.5 Å². The summed E-state index contributed by atoms with van der Waals surface area (Å²) < 4.78 is 64.8. The van der Waals surface area contributed by atoms with E-state index in [1.54, 1.807) is 6.07 Å². The van der Waals surface area contributed by atoms with Crippen LogP contribution in [-0.4, -0.2) is 256 Å². The predicted octanol–water partition coefficient (Wildman–Crippen LogP) is -3.18. The molecule has 12 N–H and O–H groups in total. The molecule has 2 saturated heterocycles. The van der Waals surface area contributed by atoms with Gasteiger partial charge < -0.3 is 113 Å². The van der Waals surface area contributed by atoms with Gasteiger partial charge in [0.15, 0.2) is 17.7 Å². The Morgan fingerprint density at radius 2 is 1.11 bits per heavy atom. The van der Waals surface area contributed by atoms with Crippen LogP contribution in [0.1, 0.15) is 90.6 Å². The normalized spacial score (nSPS) is 20.4. The van der Waals surface area contributed by atoms with E-state index in [1.165, 1.54) is 44.2 Å².